The predicted octanol–water partition coefficient (Wildman–Crippen LogP) is 3.81. The van der Waals surface area contributed by atoms with Gasteiger partial charge in [0.2, 0.25) is 5.89 Å². The maximum absolute atomic E-state index is 6.11. The van der Waals surface area contributed by atoms with Crippen molar-refractivity contribution >= 4 is 0 Å². The van der Waals surface area contributed by atoms with Gasteiger partial charge in [0.15, 0.2) is 5.82 Å². The van der Waals surface area contributed by atoms with E-state index in [1.54, 1.807) is 0 Å². The van der Waals surface area contributed by atoms with E-state index < -0.39 is 0 Å². The van der Waals surface area contributed by atoms with Gasteiger partial charge in [-0.05, 0) is 25.2 Å². The Bertz CT molecular complexity index is 381. The molecule has 0 saturated heterocycles. The van der Waals surface area contributed by atoms with Crippen LogP contribution < -0.4 is 5.73 Å². The molecule has 4 heteroatoms. The van der Waals surface area contributed by atoms with E-state index in [4.69, 9.17) is 10.3 Å². The van der Waals surface area contributed by atoms with Gasteiger partial charge < -0.3 is 10.3 Å². The van der Waals surface area contributed by atoms with Gasteiger partial charge in [0.05, 0.1) is 0 Å². The van der Waals surface area contributed by atoms with Crippen molar-refractivity contribution in [3.63, 3.8) is 0 Å². The molecule has 4 nitrogen and oxygen atoms in total. The summed E-state index contributed by atoms with van der Waals surface area (Å²) in [6.07, 6.45) is 10.8. The smallest absolute Gasteiger partial charge is 0.228 e. The van der Waals surface area contributed by atoms with Crippen LogP contribution in [0.3, 0.4) is 0 Å². The second-order valence-corrected chi connectivity index (χ2v) is 6.68. The summed E-state index contributed by atoms with van der Waals surface area (Å²) in [7, 11) is 0. The fourth-order valence-electron chi connectivity index (χ4n) is 3.14. The number of nitrogens with two attached hydrogens (primary N) is 1. The quantitative estimate of drug-likeness (QED) is 0.890. The topological polar surface area (TPSA) is 64.9 Å². The van der Waals surface area contributed by atoms with Gasteiger partial charge in [-0.15, -0.1) is 0 Å². The van der Waals surface area contributed by atoms with Gasteiger partial charge in [-0.2, -0.15) is 4.98 Å². The van der Waals surface area contributed by atoms with Crippen LogP contribution in [0.2, 0.25) is 0 Å². The summed E-state index contributed by atoms with van der Waals surface area (Å²) < 4.78 is 5.40. The van der Waals surface area contributed by atoms with Gasteiger partial charge in [-0.25, -0.2) is 0 Å². The van der Waals surface area contributed by atoms with Crippen LogP contribution in [0.15, 0.2) is 4.52 Å². The summed E-state index contributed by atoms with van der Waals surface area (Å²) in [5.74, 6) is 2.74. The highest BCUT2D eigenvalue weighted by atomic mass is 16.5. The molecule has 1 aliphatic carbocycles. The van der Waals surface area contributed by atoms with Crippen LogP contribution in [0, 0.1) is 5.92 Å². The first kappa shape index (κ1) is 15.5. The fourth-order valence-corrected chi connectivity index (χ4v) is 3.14. The zero-order chi connectivity index (χ0) is 14.4. The summed E-state index contributed by atoms with van der Waals surface area (Å²) in [5.41, 5.74) is 6.11. The van der Waals surface area contributed by atoms with Crippen molar-refractivity contribution in [2.45, 2.75) is 83.6 Å². The summed E-state index contributed by atoms with van der Waals surface area (Å²) in [5, 5.41) is 4.20. The highest BCUT2D eigenvalue weighted by Crippen LogP contribution is 2.29. The van der Waals surface area contributed by atoms with E-state index in [1.165, 1.54) is 44.9 Å². The SMILES string of the molecule is CC(C)CC(N)Cc1nc(C2CCCCCCC2)no1. The van der Waals surface area contributed by atoms with Crippen LogP contribution in [0.4, 0.5) is 0 Å². The van der Waals surface area contributed by atoms with Gasteiger partial charge >= 0.3 is 0 Å². The van der Waals surface area contributed by atoms with E-state index in [-0.39, 0.29) is 6.04 Å². The van der Waals surface area contributed by atoms with Crippen molar-refractivity contribution in [3.05, 3.63) is 11.7 Å². The first-order valence-corrected chi connectivity index (χ1v) is 8.23. The third-order valence-corrected chi connectivity index (χ3v) is 4.17. The molecule has 0 aromatic carbocycles. The normalized spacial score (nSPS) is 19.8. The van der Waals surface area contributed by atoms with Crippen LogP contribution in [0.1, 0.15) is 82.8 Å². The molecule has 0 amide bonds. The Labute approximate surface area is 122 Å². The minimum absolute atomic E-state index is 0.126. The number of rotatable bonds is 5. The zero-order valence-corrected chi connectivity index (χ0v) is 13.0. The molecule has 1 saturated carbocycles. The molecule has 114 valence electrons. The molecular weight excluding hydrogens is 250 g/mol. The maximum Gasteiger partial charge on any atom is 0.228 e. The molecule has 0 spiro atoms. The third-order valence-electron chi connectivity index (χ3n) is 4.17. The van der Waals surface area contributed by atoms with Gasteiger partial charge in [0.1, 0.15) is 0 Å². The average Bonchev–Trinajstić information content (AvgIpc) is 2.75. The Balaban J connectivity index is 1.90. The molecule has 1 aliphatic rings. The van der Waals surface area contributed by atoms with Crippen molar-refractivity contribution in [2.75, 3.05) is 0 Å². The van der Waals surface area contributed by atoms with E-state index in [1.807, 2.05) is 0 Å². The molecule has 2 rings (SSSR count). The van der Waals surface area contributed by atoms with Gasteiger partial charge in [0, 0.05) is 18.4 Å². The van der Waals surface area contributed by atoms with Crippen molar-refractivity contribution in [3.8, 4) is 0 Å². The zero-order valence-electron chi connectivity index (χ0n) is 13.0. The minimum Gasteiger partial charge on any atom is -0.339 e. The third kappa shape index (κ3) is 4.89. The minimum atomic E-state index is 0.126. The monoisotopic (exact) mass is 279 g/mol. The van der Waals surface area contributed by atoms with Crippen LogP contribution in [0.25, 0.3) is 0 Å². The van der Waals surface area contributed by atoms with Gasteiger partial charge in [-0.1, -0.05) is 51.1 Å². The second-order valence-electron chi connectivity index (χ2n) is 6.68. The lowest BCUT2D eigenvalue weighted by Crippen LogP contribution is -2.24. The number of hydrogen-bond donors (Lipinski definition) is 1. The van der Waals surface area contributed by atoms with Crippen molar-refractivity contribution in [1.82, 2.24) is 10.1 Å². The molecule has 1 unspecified atom stereocenters. The Kier molecular flexibility index (Phi) is 6.02. The lowest BCUT2D eigenvalue weighted by Gasteiger charge is -2.15. The summed E-state index contributed by atoms with van der Waals surface area (Å²) in [4.78, 5) is 4.60. The highest BCUT2D eigenvalue weighted by Gasteiger charge is 2.20. The molecule has 0 radical (unpaired) electrons. The molecule has 0 aliphatic heterocycles. The average molecular weight is 279 g/mol. The standard InChI is InChI=1S/C16H29N3O/c1-12(2)10-14(17)11-15-18-16(19-20-15)13-8-6-4-3-5-7-9-13/h12-14H,3-11,17H2,1-2H3. The molecule has 1 aromatic heterocycles. The lowest BCUT2D eigenvalue weighted by atomic mass is 9.91. The largest absolute Gasteiger partial charge is 0.339 e. The molecule has 1 fully saturated rings. The Morgan fingerprint density at radius 2 is 1.80 bits per heavy atom. The summed E-state index contributed by atoms with van der Waals surface area (Å²) >= 11 is 0. The summed E-state index contributed by atoms with van der Waals surface area (Å²) in [6, 6.07) is 0.126. The molecular formula is C16H29N3O. The molecule has 20 heavy (non-hydrogen) atoms. The predicted molar refractivity (Wildman–Crippen MR) is 80.5 cm³/mol. The van der Waals surface area contributed by atoms with E-state index in [0.717, 1.165) is 18.1 Å². The van der Waals surface area contributed by atoms with E-state index in [9.17, 15) is 0 Å². The molecule has 2 N–H and O–H groups in total. The van der Waals surface area contributed by atoms with Crippen LogP contribution >= 0.6 is 0 Å². The maximum atomic E-state index is 6.11. The van der Waals surface area contributed by atoms with E-state index in [0.29, 0.717) is 18.3 Å². The van der Waals surface area contributed by atoms with Crippen LogP contribution in [0.5, 0.6) is 0 Å². The number of nitrogens with zero attached hydrogens (tertiary/aromatic N) is 2. The van der Waals surface area contributed by atoms with E-state index >= 15 is 0 Å². The molecule has 0 bridgehead atoms. The Morgan fingerprint density at radius 1 is 1.15 bits per heavy atom. The first-order chi connectivity index (χ1) is 9.65. The summed E-state index contributed by atoms with van der Waals surface area (Å²) in [6.45, 7) is 4.38. The Morgan fingerprint density at radius 3 is 2.45 bits per heavy atom. The van der Waals surface area contributed by atoms with Crippen molar-refractivity contribution in [1.29, 1.82) is 0 Å². The van der Waals surface area contributed by atoms with Crippen molar-refractivity contribution in [2.24, 2.45) is 11.7 Å². The van der Waals surface area contributed by atoms with Gasteiger partial charge in [0.25, 0.3) is 0 Å². The highest BCUT2D eigenvalue weighted by molar-refractivity contribution is 4.97. The van der Waals surface area contributed by atoms with E-state index in [2.05, 4.69) is 24.0 Å². The second kappa shape index (κ2) is 7.77. The number of hydrogen-bond acceptors (Lipinski definition) is 4. The number of aromatic nitrogens is 2. The molecule has 1 heterocycles. The lowest BCUT2D eigenvalue weighted by molar-refractivity contribution is 0.347. The van der Waals surface area contributed by atoms with Crippen LogP contribution in [-0.4, -0.2) is 16.2 Å². The Hall–Kier alpha value is -0.900. The van der Waals surface area contributed by atoms with Crippen LogP contribution in [-0.2, 0) is 6.42 Å². The fraction of sp³-hybridized carbons (Fsp3) is 0.875. The van der Waals surface area contributed by atoms with Crippen molar-refractivity contribution < 1.29 is 4.52 Å². The molecule has 1 atom stereocenters. The molecule has 1 aromatic rings. The van der Waals surface area contributed by atoms with Gasteiger partial charge in [-0.3, -0.25) is 0 Å². The first-order valence-electron chi connectivity index (χ1n) is 8.23.